The first-order valence-electron chi connectivity index (χ1n) is 7.90. The van der Waals surface area contributed by atoms with Crippen LogP contribution in [0.25, 0.3) is 0 Å². The molecule has 0 amide bonds. The van der Waals surface area contributed by atoms with Gasteiger partial charge in [-0.1, -0.05) is 18.6 Å². The number of benzene rings is 1. The van der Waals surface area contributed by atoms with Gasteiger partial charge < -0.3 is 10.1 Å². The second-order valence-corrected chi connectivity index (χ2v) is 5.93. The van der Waals surface area contributed by atoms with Gasteiger partial charge in [-0.3, -0.25) is 0 Å². The van der Waals surface area contributed by atoms with Crippen molar-refractivity contribution >= 4 is 0 Å². The lowest BCUT2D eigenvalue weighted by Gasteiger charge is -2.17. The van der Waals surface area contributed by atoms with Crippen LogP contribution in [0.3, 0.4) is 0 Å². The molecule has 1 aliphatic heterocycles. The van der Waals surface area contributed by atoms with Crippen molar-refractivity contribution in [3.63, 3.8) is 0 Å². The van der Waals surface area contributed by atoms with Gasteiger partial charge in [0.25, 0.3) is 0 Å². The fourth-order valence-electron chi connectivity index (χ4n) is 2.79. The predicted octanol–water partition coefficient (Wildman–Crippen LogP) is 3.48. The molecule has 2 nitrogen and oxygen atoms in total. The second kappa shape index (κ2) is 6.42. The number of hydrogen-bond acceptors (Lipinski definition) is 2. The van der Waals surface area contributed by atoms with Gasteiger partial charge in [-0.15, -0.1) is 0 Å². The van der Waals surface area contributed by atoms with Gasteiger partial charge in [0.05, 0.1) is 6.61 Å². The first kappa shape index (κ1) is 13.0. The normalized spacial score (nSPS) is 17.9. The van der Waals surface area contributed by atoms with Crippen molar-refractivity contribution in [1.29, 1.82) is 0 Å². The van der Waals surface area contributed by atoms with Gasteiger partial charge >= 0.3 is 0 Å². The van der Waals surface area contributed by atoms with Gasteiger partial charge in [-0.05, 0) is 68.7 Å². The van der Waals surface area contributed by atoms with Crippen molar-refractivity contribution in [2.75, 3.05) is 13.2 Å². The molecule has 0 atom stereocenters. The zero-order chi connectivity index (χ0) is 12.9. The Bertz CT molecular complexity index is 412. The van der Waals surface area contributed by atoms with Crippen molar-refractivity contribution in [2.24, 2.45) is 0 Å². The summed E-state index contributed by atoms with van der Waals surface area (Å²) < 4.78 is 5.66. The van der Waals surface area contributed by atoms with Crippen molar-refractivity contribution in [1.82, 2.24) is 5.32 Å². The molecule has 0 aromatic heterocycles. The van der Waals surface area contributed by atoms with Gasteiger partial charge in [0.2, 0.25) is 0 Å². The fourth-order valence-corrected chi connectivity index (χ4v) is 2.79. The van der Waals surface area contributed by atoms with Gasteiger partial charge in [-0.2, -0.15) is 0 Å². The van der Waals surface area contributed by atoms with Gasteiger partial charge in [0.15, 0.2) is 0 Å². The number of fused-ring (bicyclic) bond motifs is 1. The maximum Gasteiger partial charge on any atom is 0.122 e. The highest BCUT2D eigenvalue weighted by Crippen LogP contribution is 2.26. The van der Waals surface area contributed by atoms with Crippen LogP contribution < -0.4 is 10.1 Å². The molecule has 2 aliphatic rings. The molecule has 1 N–H and O–H groups in total. The van der Waals surface area contributed by atoms with Crippen molar-refractivity contribution in [2.45, 2.75) is 57.4 Å². The number of hydrogen-bond donors (Lipinski definition) is 1. The Morgan fingerprint density at radius 3 is 3.00 bits per heavy atom. The van der Waals surface area contributed by atoms with E-state index >= 15 is 0 Å². The van der Waals surface area contributed by atoms with E-state index in [0.29, 0.717) is 0 Å². The predicted molar refractivity (Wildman–Crippen MR) is 78.8 cm³/mol. The molecule has 1 fully saturated rings. The Hall–Kier alpha value is -1.02. The number of aryl methyl sites for hydroxylation is 2. The minimum absolute atomic E-state index is 0.862. The Balaban J connectivity index is 1.37. The molecular formula is C17H25NO. The van der Waals surface area contributed by atoms with E-state index in [9.17, 15) is 0 Å². The van der Waals surface area contributed by atoms with Crippen LogP contribution in [0.1, 0.15) is 49.7 Å². The molecule has 0 saturated heterocycles. The maximum atomic E-state index is 5.66. The Morgan fingerprint density at radius 2 is 2.11 bits per heavy atom. The van der Waals surface area contributed by atoms with E-state index in [1.165, 1.54) is 69.0 Å². The molecule has 1 aliphatic carbocycles. The third-order valence-electron chi connectivity index (χ3n) is 4.13. The van der Waals surface area contributed by atoms with Crippen molar-refractivity contribution in [3.8, 4) is 5.75 Å². The van der Waals surface area contributed by atoms with Crippen LogP contribution in [0.5, 0.6) is 5.75 Å². The zero-order valence-corrected chi connectivity index (χ0v) is 11.8. The van der Waals surface area contributed by atoms with Crippen LogP contribution in [-0.4, -0.2) is 19.2 Å². The summed E-state index contributed by atoms with van der Waals surface area (Å²) in [6.07, 6.45) is 10.4. The molecule has 0 bridgehead atoms. The van der Waals surface area contributed by atoms with E-state index < -0.39 is 0 Å². The first-order chi connectivity index (χ1) is 9.42. The Kier molecular flexibility index (Phi) is 4.39. The van der Waals surface area contributed by atoms with Gasteiger partial charge in [0, 0.05) is 6.04 Å². The van der Waals surface area contributed by atoms with Crippen LogP contribution in [0.4, 0.5) is 0 Å². The monoisotopic (exact) mass is 259 g/mol. The fraction of sp³-hybridized carbons (Fsp3) is 0.647. The molecule has 104 valence electrons. The van der Waals surface area contributed by atoms with Crippen LogP contribution in [0.15, 0.2) is 18.2 Å². The highest BCUT2D eigenvalue weighted by molar-refractivity contribution is 5.38. The summed E-state index contributed by atoms with van der Waals surface area (Å²) in [6, 6.07) is 7.63. The number of unbranched alkanes of at least 4 members (excludes halogenated alkanes) is 2. The third-order valence-corrected chi connectivity index (χ3v) is 4.13. The Labute approximate surface area is 116 Å². The highest BCUT2D eigenvalue weighted by atomic mass is 16.5. The molecule has 3 rings (SSSR count). The molecule has 0 spiro atoms. The van der Waals surface area contributed by atoms with Crippen molar-refractivity contribution < 1.29 is 4.74 Å². The molecule has 19 heavy (non-hydrogen) atoms. The van der Waals surface area contributed by atoms with Crippen molar-refractivity contribution in [3.05, 3.63) is 29.3 Å². The largest absolute Gasteiger partial charge is 0.493 e. The summed E-state index contributed by atoms with van der Waals surface area (Å²) in [7, 11) is 0. The SMILES string of the molecule is c1cc2c(cc1CCCCCNC1CC1)CCCO2. The van der Waals surface area contributed by atoms with Crippen LogP contribution in [-0.2, 0) is 12.8 Å². The lowest BCUT2D eigenvalue weighted by Crippen LogP contribution is -2.17. The van der Waals surface area contributed by atoms with E-state index in [1.54, 1.807) is 0 Å². The third kappa shape index (κ3) is 3.97. The summed E-state index contributed by atoms with van der Waals surface area (Å²) in [5, 5.41) is 3.58. The van der Waals surface area contributed by atoms with Crippen LogP contribution in [0, 0.1) is 0 Å². The summed E-state index contributed by atoms with van der Waals surface area (Å²) in [4.78, 5) is 0. The standard InChI is InChI=1S/C17H25NO/c1(3-11-18-16-8-9-16)2-5-14-7-10-17-15(13-14)6-4-12-19-17/h7,10,13,16,18H,1-6,8-9,11-12H2. The van der Waals surface area contributed by atoms with E-state index in [2.05, 4.69) is 23.5 Å². The Morgan fingerprint density at radius 1 is 1.16 bits per heavy atom. The summed E-state index contributed by atoms with van der Waals surface area (Å²) >= 11 is 0. The molecule has 0 radical (unpaired) electrons. The molecular weight excluding hydrogens is 234 g/mol. The van der Waals surface area contributed by atoms with E-state index in [0.717, 1.165) is 18.4 Å². The minimum Gasteiger partial charge on any atom is -0.493 e. The lowest BCUT2D eigenvalue weighted by molar-refractivity contribution is 0.288. The van der Waals surface area contributed by atoms with E-state index in [-0.39, 0.29) is 0 Å². The zero-order valence-electron chi connectivity index (χ0n) is 11.8. The maximum absolute atomic E-state index is 5.66. The average molecular weight is 259 g/mol. The lowest BCUT2D eigenvalue weighted by atomic mass is 10.00. The summed E-state index contributed by atoms with van der Waals surface area (Å²) in [5.41, 5.74) is 2.90. The van der Waals surface area contributed by atoms with E-state index in [4.69, 9.17) is 4.74 Å². The second-order valence-electron chi connectivity index (χ2n) is 5.93. The summed E-state index contributed by atoms with van der Waals surface area (Å²) in [5.74, 6) is 1.11. The number of rotatable bonds is 7. The first-order valence-corrected chi connectivity index (χ1v) is 7.90. The van der Waals surface area contributed by atoms with Crippen LogP contribution >= 0.6 is 0 Å². The molecule has 1 aromatic rings. The van der Waals surface area contributed by atoms with Gasteiger partial charge in [0.1, 0.15) is 5.75 Å². The molecule has 1 heterocycles. The quantitative estimate of drug-likeness (QED) is 0.757. The molecule has 0 unspecified atom stereocenters. The van der Waals surface area contributed by atoms with Gasteiger partial charge in [-0.25, -0.2) is 0 Å². The molecule has 1 saturated carbocycles. The summed E-state index contributed by atoms with van der Waals surface area (Å²) in [6.45, 7) is 2.10. The topological polar surface area (TPSA) is 21.3 Å². The average Bonchev–Trinajstić information content (AvgIpc) is 3.27. The molecule has 1 aromatic carbocycles. The number of nitrogens with one attached hydrogen (secondary N) is 1. The smallest absolute Gasteiger partial charge is 0.122 e. The van der Waals surface area contributed by atoms with E-state index in [1.807, 2.05) is 0 Å². The number of ether oxygens (including phenoxy) is 1. The van der Waals surface area contributed by atoms with Crippen LogP contribution in [0.2, 0.25) is 0 Å². The molecule has 2 heteroatoms. The minimum atomic E-state index is 0.862. The highest BCUT2D eigenvalue weighted by Gasteiger charge is 2.19.